The van der Waals surface area contributed by atoms with Crippen molar-refractivity contribution in [2.45, 2.75) is 39.0 Å². The van der Waals surface area contributed by atoms with Crippen molar-refractivity contribution in [3.05, 3.63) is 0 Å². The van der Waals surface area contributed by atoms with Gasteiger partial charge in [-0.1, -0.05) is 12.8 Å². The van der Waals surface area contributed by atoms with E-state index in [0.717, 1.165) is 39.1 Å². The number of rotatable bonds is 5. The summed E-state index contributed by atoms with van der Waals surface area (Å²) in [5.41, 5.74) is 0. The van der Waals surface area contributed by atoms with Crippen molar-refractivity contribution < 1.29 is 4.79 Å². The van der Waals surface area contributed by atoms with Gasteiger partial charge in [0.05, 0.1) is 0 Å². The molecule has 1 aliphatic rings. The average Bonchev–Trinajstić information content (AvgIpc) is 2.62. The fourth-order valence-corrected chi connectivity index (χ4v) is 2.43. The van der Waals surface area contributed by atoms with Crippen molar-refractivity contribution in [3.63, 3.8) is 0 Å². The fourth-order valence-electron chi connectivity index (χ4n) is 2.43. The molecule has 0 aromatic rings. The minimum Gasteiger partial charge on any atom is -0.325 e. The predicted molar refractivity (Wildman–Crippen MR) is 75.9 cm³/mol. The van der Waals surface area contributed by atoms with Gasteiger partial charge in [-0.05, 0) is 46.8 Å². The molecular formula is C14H29N3O. The number of carbonyl (C=O) groups is 1. The summed E-state index contributed by atoms with van der Waals surface area (Å²) < 4.78 is 0. The van der Waals surface area contributed by atoms with Crippen LogP contribution in [0.3, 0.4) is 0 Å². The molecule has 1 fully saturated rings. The molecule has 106 valence electrons. The van der Waals surface area contributed by atoms with Gasteiger partial charge in [-0.25, -0.2) is 4.79 Å². The molecule has 2 amide bonds. The lowest BCUT2D eigenvalue weighted by Crippen LogP contribution is -2.44. The minimum absolute atomic E-state index is 0.248. The number of urea groups is 1. The quantitative estimate of drug-likeness (QED) is 0.753. The summed E-state index contributed by atoms with van der Waals surface area (Å²) in [7, 11) is 4.15. The molecule has 1 rings (SSSR count). The molecule has 0 radical (unpaired) electrons. The topological polar surface area (TPSA) is 26.8 Å². The lowest BCUT2D eigenvalue weighted by Gasteiger charge is -2.29. The summed E-state index contributed by atoms with van der Waals surface area (Å²) in [5, 5.41) is 0. The Balaban J connectivity index is 2.39. The number of hydrogen-bond acceptors (Lipinski definition) is 2. The van der Waals surface area contributed by atoms with Crippen LogP contribution in [0.4, 0.5) is 4.79 Å². The zero-order valence-corrected chi connectivity index (χ0v) is 12.3. The van der Waals surface area contributed by atoms with Crippen molar-refractivity contribution in [2.24, 2.45) is 0 Å². The zero-order valence-electron chi connectivity index (χ0n) is 12.3. The summed E-state index contributed by atoms with van der Waals surface area (Å²) in [6.45, 7) is 6.72. The largest absolute Gasteiger partial charge is 0.325 e. The summed E-state index contributed by atoms with van der Waals surface area (Å²) in [4.78, 5) is 18.6. The van der Waals surface area contributed by atoms with E-state index < -0.39 is 0 Å². The number of amides is 2. The van der Waals surface area contributed by atoms with E-state index in [9.17, 15) is 4.79 Å². The molecule has 0 N–H and O–H groups in total. The van der Waals surface area contributed by atoms with Crippen molar-refractivity contribution in [3.8, 4) is 0 Å². The van der Waals surface area contributed by atoms with Gasteiger partial charge in [-0.3, -0.25) is 0 Å². The maximum absolute atomic E-state index is 12.4. The highest BCUT2D eigenvalue weighted by atomic mass is 16.2. The van der Waals surface area contributed by atoms with Crippen LogP contribution in [0.1, 0.15) is 39.0 Å². The lowest BCUT2D eigenvalue weighted by atomic mass is 10.2. The second kappa shape index (κ2) is 8.35. The van der Waals surface area contributed by atoms with Gasteiger partial charge in [-0.2, -0.15) is 0 Å². The number of carbonyl (C=O) groups excluding carboxylic acids is 1. The van der Waals surface area contributed by atoms with E-state index in [0.29, 0.717) is 0 Å². The highest BCUT2D eigenvalue weighted by Gasteiger charge is 2.20. The second-order valence-corrected chi connectivity index (χ2v) is 5.42. The van der Waals surface area contributed by atoms with E-state index in [1.54, 1.807) is 0 Å². The van der Waals surface area contributed by atoms with Gasteiger partial charge in [-0.15, -0.1) is 0 Å². The molecule has 0 bridgehead atoms. The molecule has 4 nitrogen and oxygen atoms in total. The van der Waals surface area contributed by atoms with Crippen LogP contribution in [0, 0.1) is 0 Å². The summed E-state index contributed by atoms with van der Waals surface area (Å²) in [6.07, 6.45) is 5.94. The van der Waals surface area contributed by atoms with Gasteiger partial charge in [0.1, 0.15) is 0 Å². The Morgan fingerprint density at radius 3 is 2.17 bits per heavy atom. The van der Waals surface area contributed by atoms with Crippen LogP contribution < -0.4 is 0 Å². The van der Waals surface area contributed by atoms with E-state index in [4.69, 9.17) is 0 Å². The van der Waals surface area contributed by atoms with Crippen LogP contribution in [0.25, 0.3) is 0 Å². The molecule has 0 spiro atoms. The lowest BCUT2D eigenvalue weighted by molar-refractivity contribution is 0.154. The molecule has 4 heteroatoms. The first-order chi connectivity index (χ1) is 8.65. The van der Waals surface area contributed by atoms with Gasteiger partial charge in [0.15, 0.2) is 0 Å². The first-order valence-corrected chi connectivity index (χ1v) is 7.33. The average molecular weight is 255 g/mol. The number of hydrogen-bond donors (Lipinski definition) is 0. The van der Waals surface area contributed by atoms with Gasteiger partial charge >= 0.3 is 6.03 Å². The van der Waals surface area contributed by atoms with Crippen molar-refractivity contribution in [2.75, 3.05) is 46.8 Å². The highest BCUT2D eigenvalue weighted by molar-refractivity contribution is 5.74. The van der Waals surface area contributed by atoms with Crippen molar-refractivity contribution in [1.29, 1.82) is 0 Å². The zero-order chi connectivity index (χ0) is 13.4. The third-order valence-corrected chi connectivity index (χ3v) is 3.56. The van der Waals surface area contributed by atoms with Gasteiger partial charge in [0, 0.05) is 26.2 Å². The third kappa shape index (κ3) is 5.25. The Morgan fingerprint density at radius 2 is 1.67 bits per heavy atom. The molecule has 1 saturated heterocycles. The van der Waals surface area contributed by atoms with Crippen LogP contribution in [-0.2, 0) is 0 Å². The maximum atomic E-state index is 12.4. The van der Waals surface area contributed by atoms with Crippen LogP contribution in [0.2, 0.25) is 0 Å². The summed E-state index contributed by atoms with van der Waals surface area (Å²) >= 11 is 0. The van der Waals surface area contributed by atoms with E-state index in [1.807, 2.05) is 9.80 Å². The molecule has 1 heterocycles. The molecule has 0 aliphatic carbocycles. The van der Waals surface area contributed by atoms with Gasteiger partial charge < -0.3 is 14.7 Å². The highest BCUT2D eigenvalue weighted by Crippen LogP contribution is 2.12. The number of likely N-dealkylation sites (tertiary alicyclic amines) is 1. The Hall–Kier alpha value is -0.770. The van der Waals surface area contributed by atoms with Crippen LogP contribution >= 0.6 is 0 Å². The number of nitrogens with zero attached hydrogens (tertiary/aromatic N) is 3. The fraction of sp³-hybridized carbons (Fsp3) is 0.929. The van der Waals surface area contributed by atoms with Crippen molar-refractivity contribution in [1.82, 2.24) is 14.7 Å². The van der Waals surface area contributed by atoms with E-state index >= 15 is 0 Å². The summed E-state index contributed by atoms with van der Waals surface area (Å²) in [5.74, 6) is 0. The normalized spacial score (nSPS) is 16.8. The molecule has 0 aromatic heterocycles. The van der Waals surface area contributed by atoms with E-state index in [-0.39, 0.29) is 6.03 Å². The molecular weight excluding hydrogens is 226 g/mol. The molecule has 1 aliphatic heterocycles. The first kappa shape index (κ1) is 15.3. The third-order valence-electron chi connectivity index (χ3n) is 3.56. The molecule has 0 unspecified atom stereocenters. The van der Waals surface area contributed by atoms with Crippen molar-refractivity contribution >= 4 is 6.03 Å². The first-order valence-electron chi connectivity index (χ1n) is 7.33. The molecule has 0 aromatic carbocycles. The smallest absolute Gasteiger partial charge is 0.319 e. The standard InChI is InChI=1S/C14H29N3O/c1-4-16(13-9-10-15(2)3)14(18)17-11-7-5-6-8-12-17/h4-13H2,1-3H3. The SMILES string of the molecule is CCN(CCCN(C)C)C(=O)N1CCCCCC1. The Bertz CT molecular complexity index is 235. The Kier molecular flexibility index (Phi) is 7.09. The Labute approximate surface area is 112 Å². The molecule has 0 saturated carbocycles. The van der Waals surface area contributed by atoms with Gasteiger partial charge in [0.2, 0.25) is 0 Å². The second-order valence-electron chi connectivity index (χ2n) is 5.42. The molecule has 0 atom stereocenters. The maximum Gasteiger partial charge on any atom is 0.319 e. The van der Waals surface area contributed by atoms with Gasteiger partial charge in [0.25, 0.3) is 0 Å². The van der Waals surface area contributed by atoms with Crippen LogP contribution in [0.5, 0.6) is 0 Å². The predicted octanol–water partition coefficient (Wildman–Crippen LogP) is 2.26. The van der Waals surface area contributed by atoms with Crippen LogP contribution in [0.15, 0.2) is 0 Å². The Morgan fingerprint density at radius 1 is 1.06 bits per heavy atom. The van der Waals surface area contributed by atoms with E-state index in [2.05, 4.69) is 25.9 Å². The molecule has 18 heavy (non-hydrogen) atoms. The summed E-state index contributed by atoms with van der Waals surface area (Å²) in [6, 6.07) is 0.248. The monoisotopic (exact) mass is 255 g/mol. The minimum atomic E-state index is 0.248. The van der Waals surface area contributed by atoms with Crippen LogP contribution in [-0.4, -0.2) is 67.5 Å². The van der Waals surface area contributed by atoms with E-state index in [1.165, 1.54) is 25.7 Å².